The highest BCUT2D eigenvalue weighted by Crippen LogP contribution is 2.35. The molecule has 0 fully saturated rings. The Morgan fingerprint density at radius 1 is 1.33 bits per heavy atom. The summed E-state index contributed by atoms with van der Waals surface area (Å²) in [6.07, 6.45) is 1.58. The molecule has 1 aromatic heterocycles. The standard InChI is InChI=1S/C12H14O3/c1-12(2,13)8-7-15-10-6-4-5-9(14-3)11(8)10/h4-7,13H,1-3H3. The molecule has 0 aliphatic carbocycles. The molecule has 2 aromatic rings. The van der Waals surface area contributed by atoms with Gasteiger partial charge in [0.25, 0.3) is 0 Å². The third-order valence-corrected chi connectivity index (χ3v) is 2.44. The Balaban J connectivity index is 2.77. The number of ether oxygens (including phenoxy) is 1. The van der Waals surface area contributed by atoms with Gasteiger partial charge >= 0.3 is 0 Å². The zero-order valence-electron chi connectivity index (χ0n) is 9.07. The fourth-order valence-electron chi connectivity index (χ4n) is 1.68. The molecule has 0 aliphatic rings. The Morgan fingerprint density at radius 2 is 2.07 bits per heavy atom. The highest BCUT2D eigenvalue weighted by atomic mass is 16.5. The highest BCUT2D eigenvalue weighted by Gasteiger charge is 2.23. The van der Waals surface area contributed by atoms with Crippen molar-refractivity contribution in [3.63, 3.8) is 0 Å². The molecular weight excluding hydrogens is 192 g/mol. The maximum Gasteiger partial charge on any atom is 0.137 e. The van der Waals surface area contributed by atoms with E-state index < -0.39 is 5.60 Å². The van der Waals surface area contributed by atoms with Crippen molar-refractivity contribution in [2.24, 2.45) is 0 Å². The Hall–Kier alpha value is -1.48. The van der Waals surface area contributed by atoms with Crippen LogP contribution < -0.4 is 4.74 Å². The van der Waals surface area contributed by atoms with Crippen LogP contribution in [-0.4, -0.2) is 12.2 Å². The maximum absolute atomic E-state index is 9.98. The first kappa shape index (κ1) is 10.1. The van der Waals surface area contributed by atoms with E-state index in [2.05, 4.69) is 0 Å². The van der Waals surface area contributed by atoms with Crippen LogP contribution in [0.5, 0.6) is 5.75 Å². The molecule has 3 heteroatoms. The first-order valence-corrected chi connectivity index (χ1v) is 4.81. The number of aliphatic hydroxyl groups is 1. The summed E-state index contributed by atoms with van der Waals surface area (Å²) in [5, 5.41) is 10.8. The molecule has 0 saturated carbocycles. The summed E-state index contributed by atoms with van der Waals surface area (Å²) in [6, 6.07) is 5.57. The van der Waals surface area contributed by atoms with Crippen molar-refractivity contribution >= 4 is 11.0 Å². The molecule has 15 heavy (non-hydrogen) atoms. The van der Waals surface area contributed by atoms with Gasteiger partial charge in [-0.25, -0.2) is 0 Å². The van der Waals surface area contributed by atoms with Crippen LogP contribution in [0, 0.1) is 0 Å². The summed E-state index contributed by atoms with van der Waals surface area (Å²) in [7, 11) is 1.61. The SMILES string of the molecule is COc1cccc2occ(C(C)(C)O)c12. The third kappa shape index (κ3) is 1.59. The molecule has 1 heterocycles. The van der Waals surface area contributed by atoms with E-state index in [0.29, 0.717) is 0 Å². The first-order valence-electron chi connectivity index (χ1n) is 4.81. The monoisotopic (exact) mass is 206 g/mol. The van der Waals surface area contributed by atoms with E-state index in [4.69, 9.17) is 9.15 Å². The van der Waals surface area contributed by atoms with Crippen molar-refractivity contribution in [1.29, 1.82) is 0 Å². The Bertz CT molecular complexity index is 477. The van der Waals surface area contributed by atoms with Gasteiger partial charge in [0, 0.05) is 5.56 Å². The van der Waals surface area contributed by atoms with E-state index in [0.717, 1.165) is 22.3 Å². The van der Waals surface area contributed by atoms with Crippen LogP contribution in [0.1, 0.15) is 19.4 Å². The minimum atomic E-state index is -0.931. The smallest absolute Gasteiger partial charge is 0.137 e. The summed E-state index contributed by atoms with van der Waals surface area (Å²) in [5.41, 5.74) is 0.543. The van der Waals surface area contributed by atoms with Crippen LogP contribution >= 0.6 is 0 Å². The molecule has 0 spiro atoms. The second-order valence-electron chi connectivity index (χ2n) is 4.04. The van der Waals surface area contributed by atoms with E-state index in [1.165, 1.54) is 0 Å². The normalized spacial score (nSPS) is 12.0. The summed E-state index contributed by atoms with van der Waals surface area (Å²) < 4.78 is 10.6. The van der Waals surface area contributed by atoms with Crippen molar-refractivity contribution < 1.29 is 14.3 Å². The fraction of sp³-hybridized carbons (Fsp3) is 0.333. The van der Waals surface area contributed by atoms with E-state index >= 15 is 0 Å². The van der Waals surface area contributed by atoms with Gasteiger partial charge in [0.1, 0.15) is 11.3 Å². The molecule has 0 bridgehead atoms. The molecule has 1 aromatic carbocycles. The van der Waals surface area contributed by atoms with E-state index in [9.17, 15) is 5.11 Å². The number of methoxy groups -OCH3 is 1. The van der Waals surface area contributed by atoms with Crippen molar-refractivity contribution in [1.82, 2.24) is 0 Å². The predicted molar refractivity (Wildman–Crippen MR) is 58.0 cm³/mol. The van der Waals surface area contributed by atoms with Crippen LogP contribution in [0.25, 0.3) is 11.0 Å². The van der Waals surface area contributed by atoms with Crippen molar-refractivity contribution in [3.05, 3.63) is 30.0 Å². The van der Waals surface area contributed by atoms with Gasteiger partial charge in [-0.3, -0.25) is 0 Å². The maximum atomic E-state index is 9.98. The van der Waals surface area contributed by atoms with Gasteiger partial charge in [-0.1, -0.05) is 6.07 Å². The molecule has 0 radical (unpaired) electrons. The lowest BCUT2D eigenvalue weighted by molar-refractivity contribution is 0.0791. The van der Waals surface area contributed by atoms with Gasteiger partial charge < -0.3 is 14.3 Å². The van der Waals surface area contributed by atoms with E-state index in [-0.39, 0.29) is 0 Å². The second-order valence-corrected chi connectivity index (χ2v) is 4.04. The fourth-order valence-corrected chi connectivity index (χ4v) is 1.68. The Kier molecular flexibility index (Phi) is 2.20. The summed E-state index contributed by atoms with van der Waals surface area (Å²) in [6.45, 7) is 3.45. The number of fused-ring (bicyclic) bond motifs is 1. The Morgan fingerprint density at radius 3 is 2.67 bits per heavy atom. The zero-order valence-corrected chi connectivity index (χ0v) is 9.07. The lowest BCUT2D eigenvalue weighted by atomic mass is 9.97. The molecule has 80 valence electrons. The number of rotatable bonds is 2. The first-order chi connectivity index (χ1) is 7.04. The zero-order chi connectivity index (χ0) is 11.1. The van der Waals surface area contributed by atoms with Gasteiger partial charge in [-0.15, -0.1) is 0 Å². The minimum Gasteiger partial charge on any atom is -0.496 e. The molecule has 0 amide bonds. The molecule has 0 saturated heterocycles. The second kappa shape index (κ2) is 3.28. The van der Waals surface area contributed by atoms with Crippen LogP contribution in [0.15, 0.2) is 28.9 Å². The van der Waals surface area contributed by atoms with E-state index in [1.54, 1.807) is 27.2 Å². The predicted octanol–water partition coefficient (Wildman–Crippen LogP) is 2.67. The summed E-state index contributed by atoms with van der Waals surface area (Å²) >= 11 is 0. The number of furan rings is 1. The molecular formula is C12H14O3. The average molecular weight is 206 g/mol. The van der Waals surface area contributed by atoms with Gasteiger partial charge in [-0.2, -0.15) is 0 Å². The number of hydrogen-bond donors (Lipinski definition) is 1. The average Bonchev–Trinajstić information content (AvgIpc) is 2.59. The van der Waals surface area contributed by atoms with E-state index in [1.807, 2.05) is 18.2 Å². The largest absolute Gasteiger partial charge is 0.496 e. The number of hydrogen-bond acceptors (Lipinski definition) is 3. The van der Waals surface area contributed by atoms with Crippen molar-refractivity contribution in [2.45, 2.75) is 19.4 Å². The number of benzene rings is 1. The van der Waals surface area contributed by atoms with Crippen molar-refractivity contribution in [2.75, 3.05) is 7.11 Å². The Labute approximate surface area is 88.3 Å². The molecule has 0 atom stereocenters. The third-order valence-electron chi connectivity index (χ3n) is 2.44. The summed E-state index contributed by atoms with van der Waals surface area (Å²) in [5.74, 6) is 0.721. The highest BCUT2D eigenvalue weighted by molar-refractivity contribution is 5.88. The van der Waals surface area contributed by atoms with Crippen LogP contribution in [0.2, 0.25) is 0 Å². The van der Waals surface area contributed by atoms with Gasteiger partial charge in [0.15, 0.2) is 0 Å². The minimum absolute atomic E-state index is 0.721. The van der Waals surface area contributed by atoms with Crippen LogP contribution in [-0.2, 0) is 5.60 Å². The molecule has 0 aliphatic heterocycles. The topological polar surface area (TPSA) is 42.6 Å². The molecule has 0 unspecified atom stereocenters. The lowest BCUT2D eigenvalue weighted by Crippen LogP contribution is -2.14. The lowest BCUT2D eigenvalue weighted by Gasteiger charge is -2.16. The van der Waals surface area contributed by atoms with Crippen molar-refractivity contribution in [3.8, 4) is 5.75 Å². The van der Waals surface area contributed by atoms with Gasteiger partial charge in [0.05, 0.1) is 24.4 Å². The van der Waals surface area contributed by atoms with Gasteiger partial charge in [0.2, 0.25) is 0 Å². The molecule has 1 N–H and O–H groups in total. The summed E-state index contributed by atoms with van der Waals surface area (Å²) in [4.78, 5) is 0. The van der Waals surface area contributed by atoms with Crippen LogP contribution in [0.4, 0.5) is 0 Å². The molecule has 2 rings (SSSR count). The van der Waals surface area contributed by atoms with Gasteiger partial charge in [-0.05, 0) is 26.0 Å². The van der Waals surface area contributed by atoms with Crippen LogP contribution in [0.3, 0.4) is 0 Å². The quantitative estimate of drug-likeness (QED) is 0.821. The molecule has 3 nitrogen and oxygen atoms in total.